The van der Waals surface area contributed by atoms with E-state index in [4.69, 9.17) is 4.74 Å². The van der Waals surface area contributed by atoms with Gasteiger partial charge in [-0.1, -0.05) is 18.2 Å². The molecule has 0 aliphatic heterocycles. The number of rotatable bonds is 8. The third-order valence-corrected chi connectivity index (χ3v) is 5.19. The Morgan fingerprint density at radius 1 is 1.15 bits per heavy atom. The summed E-state index contributed by atoms with van der Waals surface area (Å²) in [6, 6.07) is 10.1. The van der Waals surface area contributed by atoms with Gasteiger partial charge in [-0.25, -0.2) is 17.5 Å². The summed E-state index contributed by atoms with van der Waals surface area (Å²) in [6.07, 6.45) is 0. The molecule has 0 fully saturated rings. The van der Waals surface area contributed by atoms with Gasteiger partial charge in [-0.05, 0) is 42.3 Å². The Balaban J connectivity index is 2.12. The molecule has 2 aromatic rings. The van der Waals surface area contributed by atoms with Crippen molar-refractivity contribution in [3.05, 3.63) is 65.0 Å². The molecule has 26 heavy (non-hydrogen) atoms. The van der Waals surface area contributed by atoms with Crippen LogP contribution in [0.4, 0.5) is 4.39 Å². The predicted molar refractivity (Wildman–Crippen MR) is 95.8 cm³/mol. The fraction of sp³-hybridized carbons (Fsp3) is 0.278. The van der Waals surface area contributed by atoms with E-state index in [-0.39, 0.29) is 36.0 Å². The van der Waals surface area contributed by atoms with Gasteiger partial charge < -0.3 is 10.1 Å². The van der Waals surface area contributed by atoms with Crippen LogP contribution in [0.25, 0.3) is 0 Å². The highest BCUT2D eigenvalue weighted by Gasteiger charge is 2.17. The van der Waals surface area contributed by atoms with Gasteiger partial charge in [0.05, 0.1) is 11.5 Å². The maximum atomic E-state index is 12.9. The van der Waals surface area contributed by atoms with Crippen molar-refractivity contribution >= 4 is 15.9 Å². The highest BCUT2D eigenvalue weighted by Crippen LogP contribution is 2.16. The third-order valence-electron chi connectivity index (χ3n) is 3.73. The molecule has 0 atom stereocenters. The summed E-state index contributed by atoms with van der Waals surface area (Å²) >= 11 is 0. The summed E-state index contributed by atoms with van der Waals surface area (Å²) in [7, 11) is -2.25. The van der Waals surface area contributed by atoms with Crippen LogP contribution in [0.1, 0.15) is 21.5 Å². The van der Waals surface area contributed by atoms with E-state index in [1.807, 2.05) is 0 Å². The van der Waals surface area contributed by atoms with E-state index >= 15 is 0 Å². The summed E-state index contributed by atoms with van der Waals surface area (Å²) in [5.74, 6) is -0.754. The Morgan fingerprint density at radius 3 is 2.50 bits per heavy atom. The van der Waals surface area contributed by atoms with E-state index in [1.54, 1.807) is 25.1 Å². The van der Waals surface area contributed by atoms with E-state index in [9.17, 15) is 17.6 Å². The average molecular weight is 380 g/mol. The minimum atomic E-state index is -3.73. The first-order valence-electron chi connectivity index (χ1n) is 7.95. The van der Waals surface area contributed by atoms with Gasteiger partial charge in [-0.2, -0.15) is 0 Å². The predicted octanol–water partition coefficient (Wildman–Crippen LogP) is 1.99. The smallest absolute Gasteiger partial charge is 0.251 e. The highest BCUT2D eigenvalue weighted by atomic mass is 32.2. The standard InChI is InChI=1S/C18H21FN2O4S/c1-13-3-8-16(26(23,24)21-9-10-25-2)11-17(13)18(22)20-12-14-4-6-15(19)7-5-14/h3-8,11,21H,9-10,12H2,1-2H3,(H,20,22). The summed E-state index contributed by atoms with van der Waals surface area (Å²) in [4.78, 5) is 12.4. The van der Waals surface area contributed by atoms with Gasteiger partial charge in [0.15, 0.2) is 0 Å². The Labute approximate surface area is 152 Å². The Kier molecular flexibility index (Phi) is 6.84. The molecular weight excluding hydrogens is 359 g/mol. The molecule has 2 aromatic carbocycles. The molecule has 0 unspecified atom stereocenters. The molecule has 0 radical (unpaired) electrons. The number of methoxy groups -OCH3 is 1. The summed E-state index contributed by atoms with van der Waals surface area (Å²) in [5.41, 5.74) is 1.65. The maximum absolute atomic E-state index is 12.9. The lowest BCUT2D eigenvalue weighted by molar-refractivity contribution is 0.0950. The highest BCUT2D eigenvalue weighted by molar-refractivity contribution is 7.89. The zero-order valence-corrected chi connectivity index (χ0v) is 15.4. The minimum absolute atomic E-state index is 0.00568. The lowest BCUT2D eigenvalue weighted by Crippen LogP contribution is -2.28. The monoisotopic (exact) mass is 380 g/mol. The molecule has 2 rings (SSSR count). The molecule has 0 spiro atoms. The Morgan fingerprint density at radius 2 is 1.85 bits per heavy atom. The number of halogens is 1. The second-order valence-electron chi connectivity index (χ2n) is 5.68. The molecule has 2 N–H and O–H groups in total. The van der Waals surface area contributed by atoms with Crippen LogP contribution in [-0.4, -0.2) is 34.6 Å². The largest absolute Gasteiger partial charge is 0.383 e. The molecule has 0 aliphatic carbocycles. The number of benzene rings is 2. The normalized spacial score (nSPS) is 11.3. The number of sulfonamides is 1. The SMILES string of the molecule is COCCNS(=O)(=O)c1ccc(C)c(C(=O)NCc2ccc(F)cc2)c1. The Hall–Kier alpha value is -2.29. The van der Waals surface area contributed by atoms with E-state index in [0.29, 0.717) is 5.56 Å². The van der Waals surface area contributed by atoms with E-state index in [2.05, 4.69) is 10.0 Å². The second-order valence-corrected chi connectivity index (χ2v) is 7.44. The van der Waals surface area contributed by atoms with E-state index in [0.717, 1.165) is 5.56 Å². The summed E-state index contributed by atoms with van der Waals surface area (Å²) < 4.78 is 44.7. The molecule has 0 saturated carbocycles. The third kappa shape index (κ3) is 5.35. The number of hydrogen-bond acceptors (Lipinski definition) is 4. The average Bonchev–Trinajstić information content (AvgIpc) is 2.61. The van der Waals surface area contributed by atoms with Gasteiger partial charge in [0.25, 0.3) is 5.91 Å². The Bertz CT molecular complexity index is 867. The van der Waals surface area contributed by atoms with E-state index in [1.165, 1.54) is 31.4 Å². The minimum Gasteiger partial charge on any atom is -0.383 e. The summed E-state index contributed by atoms with van der Waals surface area (Å²) in [6.45, 7) is 2.32. The first-order valence-corrected chi connectivity index (χ1v) is 9.43. The van der Waals surface area contributed by atoms with Crippen molar-refractivity contribution in [3.63, 3.8) is 0 Å². The molecule has 0 saturated heterocycles. The van der Waals surface area contributed by atoms with Crippen LogP contribution in [0.15, 0.2) is 47.4 Å². The zero-order valence-electron chi connectivity index (χ0n) is 14.6. The van der Waals surface area contributed by atoms with Crippen molar-refractivity contribution in [1.29, 1.82) is 0 Å². The summed E-state index contributed by atoms with van der Waals surface area (Å²) in [5, 5.41) is 2.71. The zero-order chi connectivity index (χ0) is 19.2. The molecule has 6 nitrogen and oxygen atoms in total. The first-order chi connectivity index (χ1) is 12.3. The first kappa shape index (κ1) is 20.0. The van der Waals surface area contributed by atoms with E-state index < -0.39 is 15.9 Å². The lowest BCUT2D eigenvalue weighted by atomic mass is 10.1. The number of amides is 1. The van der Waals surface area contributed by atoms with Gasteiger partial charge in [0.2, 0.25) is 10.0 Å². The van der Waals surface area contributed by atoms with Crippen LogP contribution in [0.2, 0.25) is 0 Å². The van der Waals surface area contributed by atoms with Gasteiger partial charge in [-0.3, -0.25) is 4.79 Å². The van der Waals surface area contributed by atoms with Crippen molar-refractivity contribution in [2.24, 2.45) is 0 Å². The van der Waals surface area contributed by atoms with Crippen LogP contribution in [-0.2, 0) is 21.3 Å². The topological polar surface area (TPSA) is 84.5 Å². The number of hydrogen-bond donors (Lipinski definition) is 2. The van der Waals surface area contributed by atoms with Crippen LogP contribution >= 0.6 is 0 Å². The van der Waals surface area contributed by atoms with Crippen LogP contribution in [0.3, 0.4) is 0 Å². The van der Waals surface area contributed by atoms with Crippen LogP contribution < -0.4 is 10.0 Å². The van der Waals surface area contributed by atoms with Crippen molar-refractivity contribution in [3.8, 4) is 0 Å². The van der Waals surface area contributed by atoms with Gasteiger partial charge in [0.1, 0.15) is 5.82 Å². The number of carbonyl (C=O) groups excluding carboxylic acids is 1. The van der Waals surface area contributed by atoms with Gasteiger partial charge in [0, 0.05) is 25.8 Å². The molecule has 8 heteroatoms. The molecule has 0 heterocycles. The van der Waals surface area contributed by atoms with Crippen molar-refractivity contribution in [1.82, 2.24) is 10.0 Å². The molecule has 0 aliphatic rings. The van der Waals surface area contributed by atoms with Crippen LogP contribution in [0.5, 0.6) is 0 Å². The molecule has 1 amide bonds. The van der Waals surface area contributed by atoms with Gasteiger partial charge in [-0.15, -0.1) is 0 Å². The van der Waals surface area contributed by atoms with Crippen LogP contribution in [0, 0.1) is 12.7 Å². The fourth-order valence-electron chi connectivity index (χ4n) is 2.25. The maximum Gasteiger partial charge on any atom is 0.251 e. The fourth-order valence-corrected chi connectivity index (χ4v) is 3.29. The van der Waals surface area contributed by atoms with Crippen molar-refractivity contribution in [2.75, 3.05) is 20.3 Å². The molecular formula is C18H21FN2O4S. The lowest BCUT2D eigenvalue weighted by Gasteiger charge is -2.11. The van der Waals surface area contributed by atoms with Crippen molar-refractivity contribution < 1.29 is 22.3 Å². The van der Waals surface area contributed by atoms with Crippen molar-refractivity contribution in [2.45, 2.75) is 18.4 Å². The number of carbonyl (C=O) groups is 1. The molecule has 140 valence electrons. The number of aryl methyl sites for hydroxylation is 1. The molecule has 0 aromatic heterocycles. The number of ether oxygens (including phenoxy) is 1. The quantitative estimate of drug-likeness (QED) is 0.686. The second kappa shape index (κ2) is 8.88. The van der Waals surface area contributed by atoms with Gasteiger partial charge >= 0.3 is 0 Å². The molecule has 0 bridgehead atoms. The number of nitrogens with one attached hydrogen (secondary N) is 2.